The Morgan fingerprint density at radius 2 is 0.935 bits per heavy atom. The minimum absolute atomic E-state index is 0. The standard InChI is InChI=1S/C17H36N2O10.2ClH/c20-7-12(24)16(28)14(26)10(22)5-19(9-1-3-18-4-2-9)6-11(23)15(27)17(29)13(25)8-21;;/h9-18,20-29H,1-8H2;2*1H/t10-,11-,12+,13+,14+,15+,16+,17+;;/m0../s1. The largest absolute Gasteiger partial charge is 0.394 e. The Kier molecular flexibility index (Phi) is 17.9. The summed E-state index contributed by atoms with van der Waals surface area (Å²) >= 11 is 0. The molecule has 0 aliphatic carbocycles. The van der Waals surface area contributed by atoms with Crippen molar-refractivity contribution >= 4 is 24.8 Å². The topological polar surface area (TPSA) is 218 Å². The van der Waals surface area contributed by atoms with Crippen molar-refractivity contribution in [2.45, 2.75) is 67.7 Å². The van der Waals surface area contributed by atoms with Crippen LogP contribution in [-0.4, -0.2) is 150 Å². The van der Waals surface area contributed by atoms with Crippen LogP contribution >= 0.6 is 24.8 Å². The van der Waals surface area contributed by atoms with Crippen LogP contribution in [0.4, 0.5) is 0 Å². The summed E-state index contributed by atoms with van der Waals surface area (Å²) in [5, 5.41) is 100. The molecule has 0 saturated carbocycles. The van der Waals surface area contributed by atoms with Gasteiger partial charge in [0.05, 0.1) is 25.4 Å². The lowest BCUT2D eigenvalue weighted by atomic mass is 9.98. The Hall–Kier alpha value is 0.100. The molecule has 1 saturated heterocycles. The number of hydrogen-bond donors (Lipinski definition) is 11. The van der Waals surface area contributed by atoms with Gasteiger partial charge < -0.3 is 56.4 Å². The van der Waals surface area contributed by atoms with Crippen molar-refractivity contribution in [1.82, 2.24) is 10.2 Å². The zero-order valence-corrected chi connectivity index (χ0v) is 18.7. The Labute approximate surface area is 193 Å². The zero-order chi connectivity index (χ0) is 22.1. The van der Waals surface area contributed by atoms with Gasteiger partial charge in [-0.2, -0.15) is 0 Å². The number of nitrogens with zero attached hydrogens (tertiary/aromatic N) is 1. The van der Waals surface area contributed by atoms with Crippen molar-refractivity contribution in [2.75, 3.05) is 39.4 Å². The van der Waals surface area contributed by atoms with Crippen molar-refractivity contribution in [3.8, 4) is 0 Å². The number of hydrogen-bond acceptors (Lipinski definition) is 12. The van der Waals surface area contributed by atoms with Gasteiger partial charge in [0, 0.05) is 19.1 Å². The fourth-order valence-electron chi connectivity index (χ4n) is 3.37. The molecule has 31 heavy (non-hydrogen) atoms. The minimum atomic E-state index is -1.79. The molecule has 0 spiro atoms. The summed E-state index contributed by atoms with van der Waals surface area (Å²) in [5.41, 5.74) is 0. The predicted octanol–water partition coefficient (Wildman–Crippen LogP) is -5.24. The fourth-order valence-corrected chi connectivity index (χ4v) is 3.37. The van der Waals surface area contributed by atoms with Crippen LogP contribution < -0.4 is 5.32 Å². The first-order valence-corrected chi connectivity index (χ1v) is 9.75. The van der Waals surface area contributed by atoms with Crippen LogP contribution in [0.3, 0.4) is 0 Å². The van der Waals surface area contributed by atoms with Crippen molar-refractivity contribution in [3.05, 3.63) is 0 Å². The average Bonchev–Trinajstić information content (AvgIpc) is 2.75. The van der Waals surface area contributed by atoms with E-state index in [0.717, 1.165) is 0 Å². The van der Waals surface area contributed by atoms with Crippen LogP contribution in [0.1, 0.15) is 12.8 Å². The molecule has 0 radical (unpaired) electrons. The van der Waals surface area contributed by atoms with Crippen molar-refractivity contribution < 1.29 is 51.1 Å². The molecule has 1 aliphatic heterocycles. The predicted molar refractivity (Wildman–Crippen MR) is 114 cm³/mol. The number of nitrogens with one attached hydrogen (secondary N) is 1. The third-order valence-corrected chi connectivity index (χ3v) is 5.32. The highest BCUT2D eigenvalue weighted by Crippen LogP contribution is 2.17. The number of rotatable bonds is 13. The van der Waals surface area contributed by atoms with E-state index in [1.165, 1.54) is 0 Å². The Morgan fingerprint density at radius 3 is 1.26 bits per heavy atom. The van der Waals surface area contributed by atoms with E-state index in [0.29, 0.717) is 25.9 Å². The Bertz CT molecular complexity index is 423. The summed E-state index contributed by atoms with van der Waals surface area (Å²) in [6.07, 6.45) is -12.2. The maximum absolute atomic E-state index is 10.3. The normalized spacial score (nSPS) is 22.9. The first kappa shape index (κ1) is 33.3. The molecule has 14 heteroatoms. The van der Waals surface area contributed by atoms with Gasteiger partial charge in [-0.15, -0.1) is 24.8 Å². The van der Waals surface area contributed by atoms with Crippen LogP contribution in [0.25, 0.3) is 0 Å². The molecule has 12 nitrogen and oxygen atoms in total. The van der Waals surface area contributed by atoms with Crippen LogP contribution in [0.5, 0.6) is 0 Å². The van der Waals surface area contributed by atoms with Crippen LogP contribution in [0, 0.1) is 0 Å². The first-order valence-electron chi connectivity index (χ1n) is 9.75. The molecule has 1 rings (SSSR count). The number of piperidine rings is 1. The maximum Gasteiger partial charge on any atom is 0.111 e. The van der Waals surface area contributed by atoms with Crippen LogP contribution in [0.15, 0.2) is 0 Å². The summed E-state index contributed by atoms with van der Waals surface area (Å²) in [5.74, 6) is 0. The Morgan fingerprint density at radius 1 is 0.613 bits per heavy atom. The molecule has 11 N–H and O–H groups in total. The SMILES string of the molecule is Cl.Cl.OC[C@@H](O)[C@@H](O)[C@H](O)[C@@H](O)CN(C[C@H](O)[C@@H](O)[C@H](O)[C@H](O)CO)C1CCNCC1. The summed E-state index contributed by atoms with van der Waals surface area (Å²) in [4.78, 5) is 1.58. The second-order valence-corrected chi connectivity index (χ2v) is 7.53. The molecule has 0 amide bonds. The first-order chi connectivity index (χ1) is 13.6. The smallest absolute Gasteiger partial charge is 0.111 e. The molecule has 1 heterocycles. The van der Waals surface area contributed by atoms with Gasteiger partial charge in [0.15, 0.2) is 0 Å². The van der Waals surface area contributed by atoms with E-state index in [1.807, 2.05) is 0 Å². The molecule has 0 aromatic heterocycles. The van der Waals surface area contributed by atoms with Gasteiger partial charge in [0.25, 0.3) is 0 Å². The van der Waals surface area contributed by atoms with Crippen molar-refractivity contribution in [1.29, 1.82) is 0 Å². The van der Waals surface area contributed by atoms with E-state index in [4.69, 9.17) is 10.2 Å². The third kappa shape index (κ3) is 10.3. The van der Waals surface area contributed by atoms with E-state index < -0.39 is 62.0 Å². The van der Waals surface area contributed by atoms with Crippen LogP contribution in [0.2, 0.25) is 0 Å². The van der Waals surface area contributed by atoms with Gasteiger partial charge >= 0.3 is 0 Å². The molecular formula is C17H38Cl2N2O10. The van der Waals surface area contributed by atoms with Gasteiger partial charge in [-0.05, 0) is 25.9 Å². The molecule has 190 valence electrons. The third-order valence-electron chi connectivity index (χ3n) is 5.32. The summed E-state index contributed by atoms with van der Waals surface area (Å²) in [6.45, 7) is -0.753. The van der Waals surface area contributed by atoms with Gasteiger partial charge in [0.1, 0.15) is 36.6 Å². The maximum atomic E-state index is 10.3. The molecular weight excluding hydrogens is 463 g/mol. The lowest BCUT2D eigenvalue weighted by molar-refractivity contribution is -0.134. The molecule has 8 atom stereocenters. The van der Waals surface area contributed by atoms with Gasteiger partial charge in [-0.25, -0.2) is 0 Å². The van der Waals surface area contributed by atoms with E-state index in [9.17, 15) is 40.9 Å². The highest BCUT2D eigenvalue weighted by Gasteiger charge is 2.36. The molecule has 0 unspecified atom stereocenters. The van der Waals surface area contributed by atoms with Crippen LogP contribution in [-0.2, 0) is 0 Å². The summed E-state index contributed by atoms with van der Waals surface area (Å²) in [7, 11) is 0. The summed E-state index contributed by atoms with van der Waals surface area (Å²) < 4.78 is 0. The van der Waals surface area contributed by atoms with Crippen molar-refractivity contribution in [3.63, 3.8) is 0 Å². The average molecular weight is 501 g/mol. The van der Waals surface area contributed by atoms with Crippen molar-refractivity contribution in [2.24, 2.45) is 0 Å². The quantitative estimate of drug-likeness (QED) is 0.114. The number of aliphatic hydroxyl groups excluding tert-OH is 10. The molecule has 0 aromatic rings. The van der Waals surface area contributed by atoms with Gasteiger partial charge in [-0.1, -0.05) is 0 Å². The molecule has 0 bridgehead atoms. The van der Waals surface area contributed by atoms with Gasteiger partial charge in [0.2, 0.25) is 0 Å². The minimum Gasteiger partial charge on any atom is -0.394 e. The van der Waals surface area contributed by atoms with E-state index in [2.05, 4.69) is 5.32 Å². The fraction of sp³-hybridized carbons (Fsp3) is 1.00. The van der Waals surface area contributed by atoms with E-state index in [-0.39, 0.29) is 43.9 Å². The second-order valence-electron chi connectivity index (χ2n) is 7.53. The highest BCUT2D eigenvalue weighted by atomic mass is 35.5. The number of aliphatic hydroxyl groups is 10. The molecule has 1 fully saturated rings. The Balaban J connectivity index is 0. The number of halogens is 2. The van der Waals surface area contributed by atoms with Gasteiger partial charge in [-0.3, -0.25) is 4.90 Å². The molecule has 0 aromatic carbocycles. The summed E-state index contributed by atoms with van der Waals surface area (Å²) in [6, 6.07) is -0.153. The van der Waals surface area contributed by atoms with E-state index >= 15 is 0 Å². The van der Waals surface area contributed by atoms with E-state index in [1.54, 1.807) is 4.90 Å². The lowest BCUT2D eigenvalue weighted by Crippen LogP contribution is -2.56. The molecule has 1 aliphatic rings. The highest BCUT2D eigenvalue weighted by molar-refractivity contribution is 5.85. The monoisotopic (exact) mass is 500 g/mol. The second kappa shape index (κ2) is 16.7. The lowest BCUT2D eigenvalue weighted by Gasteiger charge is -2.39. The zero-order valence-electron chi connectivity index (χ0n) is 17.1.